The third-order valence-electron chi connectivity index (χ3n) is 7.45. The van der Waals surface area contributed by atoms with Crippen molar-refractivity contribution in [2.24, 2.45) is 5.92 Å². The Morgan fingerprint density at radius 1 is 1.08 bits per heavy atom. The van der Waals surface area contributed by atoms with Gasteiger partial charge in [0.05, 0.1) is 5.92 Å². The molecule has 1 amide bonds. The van der Waals surface area contributed by atoms with E-state index in [2.05, 4.69) is 62.1 Å². The van der Waals surface area contributed by atoms with Crippen molar-refractivity contribution < 1.29 is 4.79 Å². The monoisotopic (exact) mass is 523 g/mol. The first kappa shape index (κ1) is 25.7. The molecule has 0 bridgehead atoms. The third kappa shape index (κ3) is 5.96. The van der Waals surface area contributed by atoms with Crippen LogP contribution < -0.4 is 20.7 Å². The van der Waals surface area contributed by atoms with Crippen LogP contribution in [0.5, 0.6) is 0 Å². The molecule has 0 spiro atoms. The number of hydrogen-bond acceptors (Lipinski definition) is 8. The maximum atomic E-state index is 12.9. The van der Waals surface area contributed by atoms with E-state index >= 15 is 0 Å². The summed E-state index contributed by atoms with van der Waals surface area (Å²) in [4.78, 5) is 37.3. The zero-order valence-electron chi connectivity index (χ0n) is 22.1. The molecule has 3 aromatic rings. The lowest BCUT2D eigenvalue weighted by atomic mass is 9.97. The molecule has 5 rings (SSSR count). The highest BCUT2D eigenvalue weighted by Gasteiger charge is 2.28. The molecule has 2 aliphatic heterocycles. The summed E-state index contributed by atoms with van der Waals surface area (Å²) in [5.74, 6) is 0.0602. The highest BCUT2D eigenvalue weighted by Crippen LogP contribution is 2.27. The Morgan fingerprint density at radius 3 is 2.70 bits per heavy atom. The fourth-order valence-corrected chi connectivity index (χ4v) is 6.32. The van der Waals surface area contributed by atoms with Crippen molar-refractivity contribution in [3.63, 3.8) is 0 Å². The maximum Gasteiger partial charge on any atom is 0.275 e. The van der Waals surface area contributed by atoms with Crippen LogP contribution in [0.1, 0.15) is 36.1 Å². The lowest BCUT2D eigenvalue weighted by Crippen LogP contribution is -2.47. The molecular formula is C27H37N7O2S. The van der Waals surface area contributed by atoms with E-state index in [1.165, 1.54) is 38.7 Å². The second-order valence-corrected chi connectivity index (χ2v) is 11.3. The molecule has 10 heteroatoms. The van der Waals surface area contributed by atoms with Gasteiger partial charge in [0.15, 0.2) is 0 Å². The zero-order chi connectivity index (χ0) is 25.9. The van der Waals surface area contributed by atoms with Crippen LogP contribution in [0.2, 0.25) is 0 Å². The van der Waals surface area contributed by atoms with E-state index < -0.39 is 0 Å². The quantitative estimate of drug-likeness (QED) is 0.477. The van der Waals surface area contributed by atoms with Crippen LogP contribution >= 0.6 is 11.3 Å². The smallest absolute Gasteiger partial charge is 0.275 e. The number of aromatic nitrogens is 3. The van der Waals surface area contributed by atoms with E-state index in [4.69, 9.17) is 0 Å². The molecule has 2 aliphatic rings. The Balaban J connectivity index is 1.06. The van der Waals surface area contributed by atoms with Crippen molar-refractivity contribution in [3.8, 4) is 0 Å². The average molecular weight is 524 g/mol. The first-order valence-corrected chi connectivity index (χ1v) is 14.1. The van der Waals surface area contributed by atoms with Gasteiger partial charge in [-0.05, 0) is 63.8 Å². The Kier molecular flexibility index (Phi) is 7.76. The van der Waals surface area contributed by atoms with Crippen molar-refractivity contribution in [3.05, 3.63) is 51.4 Å². The summed E-state index contributed by atoms with van der Waals surface area (Å²) in [7, 11) is 0. The van der Waals surface area contributed by atoms with Gasteiger partial charge in [-0.2, -0.15) is 4.52 Å². The number of nitrogens with one attached hydrogen (secondary N) is 1. The number of nitrogens with zero attached hydrogens (tertiary/aromatic N) is 6. The van der Waals surface area contributed by atoms with Crippen molar-refractivity contribution in [2.75, 3.05) is 62.2 Å². The minimum Gasteiger partial charge on any atom is -0.369 e. The normalized spacial score (nSPS) is 18.9. The lowest BCUT2D eigenvalue weighted by Gasteiger charge is -2.37. The molecule has 2 aromatic heterocycles. The van der Waals surface area contributed by atoms with E-state index in [1.54, 1.807) is 0 Å². The third-order valence-corrected chi connectivity index (χ3v) is 8.42. The molecule has 4 heterocycles. The minimum absolute atomic E-state index is 0.0618. The van der Waals surface area contributed by atoms with Gasteiger partial charge in [0, 0.05) is 63.3 Å². The molecule has 0 saturated carbocycles. The summed E-state index contributed by atoms with van der Waals surface area (Å²) in [6, 6.07) is 8.18. The fraction of sp³-hybridized carbons (Fsp3) is 0.556. The number of rotatable bonds is 7. The number of hydrogen-bond donors (Lipinski definition) is 1. The second-order valence-electron chi connectivity index (χ2n) is 10.4. The molecule has 1 unspecified atom stereocenters. The van der Waals surface area contributed by atoms with Gasteiger partial charge in [-0.3, -0.25) is 14.5 Å². The number of carbonyl (C=O) groups excluding carboxylic acids is 1. The van der Waals surface area contributed by atoms with Crippen LogP contribution in [0.3, 0.4) is 0 Å². The van der Waals surface area contributed by atoms with E-state index in [-0.39, 0.29) is 17.4 Å². The molecule has 198 valence electrons. The summed E-state index contributed by atoms with van der Waals surface area (Å²) in [5, 5.41) is 8.40. The first-order valence-electron chi connectivity index (χ1n) is 13.3. The number of amides is 1. The summed E-state index contributed by atoms with van der Waals surface area (Å²) in [5.41, 5.74) is 4.54. The van der Waals surface area contributed by atoms with Crippen molar-refractivity contribution in [2.45, 2.75) is 40.0 Å². The Bertz CT molecular complexity index is 1310. The van der Waals surface area contributed by atoms with Gasteiger partial charge in [-0.1, -0.05) is 23.5 Å². The van der Waals surface area contributed by atoms with E-state index in [1.807, 2.05) is 6.92 Å². The molecule has 1 aromatic carbocycles. The van der Waals surface area contributed by atoms with Gasteiger partial charge in [-0.15, -0.1) is 5.10 Å². The standard InChI is InChI=1S/C27H37N7O2S/c1-19-7-8-20(2)23(16-19)32-14-12-31(13-15-32)10-5-9-28-25(36)22-6-4-11-33(18-22)27-30-34-24(35)17-21(3)29-26(34)37-27/h7-8,16-17,22H,4-6,9-15,18H2,1-3H3,(H,28,36). The molecule has 2 fully saturated rings. The van der Waals surface area contributed by atoms with Gasteiger partial charge in [-0.25, -0.2) is 4.98 Å². The first-order chi connectivity index (χ1) is 17.9. The lowest BCUT2D eigenvalue weighted by molar-refractivity contribution is -0.125. The summed E-state index contributed by atoms with van der Waals surface area (Å²) in [6.07, 6.45) is 2.77. The van der Waals surface area contributed by atoms with Gasteiger partial charge in [0.25, 0.3) is 5.56 Å². The summed E-state index contributed by atoms with van der Waals surface area (Å²) >= 11 is 1.41. The number of fused-ring (bicyclic) bond motifs is 1. The van der Waals surface area contributed by atoms with Gasteiger partial charge < -0.3 is 15.1 Å². The minimum atomic E-state index is -0.164. The van der Waals surface area contributed by atoms with Gasteiger partial charge >= 0.3 is 0 Å². The Hall–Kier alpha value is -2.98. The Labute approximate surface area is 222 Å². The number of piperidine rings is 1. The second kappa shape index (κ2) is 11.2. The molecule has 0 aliphatic carbocycles. The van der Waals surface area contributed by atoms with Crippen LogP contribution in [0, 0.1) is 26.7 Å². The molecule has 2 saturated heterocycles. The van der Waals surface area contributed by atoms with Crippen molar-refractivity contribution >= 4 is 33.0 Å². The van der Waals surface area contributed by atoms with E-state index in [9.17, 15) is 9.59 Å². The highest BCUT2D eigenvalue weighted by atomic mass is 32.1. The molecule has 1 atom stereocenters. The number of piperazine rings is 1. The number of aryl methyl sites for hydroxylation is 3. The highest BCUT2D eigenvalue weighted by molar-refractivity contribution is 7.20. The van der Waals surface area contributed by atoms with Crippen molar-refractivity contribution in [1.29, 1.82) is 0 Å². The van der Waals surface area contributed by atoms with E-state index in [0.29, 0.717) is 23.7 Å². The van der Waals surface area contributed by atoms with Gasteiger partial charge in [0.1, 0.15) is 0 Å². The SMILES string of the molecule is Cc1ccc(C)c(N2CCN(CCCNC(=O)C3CCCN(c4nn5c(=O)cc(C)nc5s4)C3)CC2)c1. The maximum absolute atomic E-state index is 12.9. The topological polar surface area (TPSA) is 86.1 Å². The summed E-state index contributed by atoms with van der Waals surface area (Å²) in [6.45, 7) is 13.5. The number of anilines is 2. The van der Waals surface area contributed by atoms with Crippen LogP contribution in [0.15, 0.2) is 29.1 Å². The van der Waals surface area contributed by atoms with E-state index in [0.717, 1.165) is 63.7 Å². The van der Waals surface area contributed by atoms with Crippen LogP contribution in [-0.2, 0) is 4.79 Å². The molecular weight excluding hydrogens is 486 g/mol. The average Bonchev–Trinajstić information content (AvgIpc) is 3.33. The molecule has 37 heavy (non-hydrogen) atoms. The fourth-order valence-electron chi connectivity index (χ4n) is 5.33. The molecule has 1 N–H and O–H groups in total. The predicted molar refractivity (Wildman–Crippen MR) is 149 cm³/mol. The molecule has 9 nitrogen and oxygen atoms in total. The van der Waals surface area contributed by atoms with Crippen LogP contribution in [-0.4, -0.2) is 77.8 Å². The van der Waals surface area contributed by atoms with Crippen molar-refractivity contribution in [1.82, 2.24) is 24.8 Å². The number of benzene rings is 1. The molecule has 0 radical (unpaired) electrons. The number of carbonyl (C=O) groups is 1. The van der Waals surface area contributed by atoms with Gasteiger partial charge in [0.2, 0.25) is 16.0 Å². The predicted octanol–water partition coefficient (Wildman–Crippen LogP) is 2.62. The zero-order valence-corrected chi connectivity index (χ0v) is 22.9. The Morgan fingerprint density at radius 2 is 1.89 bits per heavy atom. The van der Waals surface area contributed by atoms with Crippen LogP contribution in [0.25, 0.3) is 4.96 Å². The largest absolute Gasteiger partial charge is 0.369 e. The van der Waals surface area contributed by atoms with Crippen LogP contribution in [0.4, 0.5) is 10.8 Å². The summed E-state index contributed by atoms with van der Waals surface area (Å²) < 4.78 is 1.36.